The van der Waals surface area contributed by atoms with Gasteiger partial charge < -0.3 is 15.2 Å². The summed E-state index contributed by atoms with van der Waals surface area (Å²) in [4.78, 5) is 42.9. The molecule has 1 saturated carbocycles. The molecular formula is C18H22N5O4-. The van der Waals surface area contributed by atoms with Crippen molar-refractivity contribution in [3.63, 3.8) is 0 Å². The van der Waals surface area contributed by atoms with Crippen molar-refractivity contribution in [2.24, 2.45) is 11.8 Å². The van der Waals surface area contributed by atoms with E-state index in [1.165, 1.54) is 10.7 Å². The molecule has 0 radical (unpaired) electrons. The zero-order chi connectivity index (χ0) is 19.6. The van der Waals surface area contributed by atoms with Crippen LogP contribution in [0.1, 0.15) is 44.0 Å². The number of anilines is 1. The topological polar surface area (TPSA) is 133 Å². The van der Waals surface area contributed by atoms with E-state index >= 15 is 0 Å². The molecule has 1 fully saturated rings. The summed E-state index contributed by atoms with van der Waals surface area (Å²) in [5.41, 5.74) is 0.907. The number of nitrogens with one attached hydrogen (secondary N) is 2. The Morgan fingerprint density at radius 3 is 2.67 bits per heavy atom. The van der Waals surface area contributed by atoms with Gasteiger partial charge in [-0.05, 0) is 26.2 Å². The Morgan fingerprint density at radius 2 is 2.00 bits per heavy atom. The molecule has 2 aromatic heterocycles. The van der Waals surface area contributed by atoms with Crippen LogP contribution in [0.15, 0.2) is 16.9 Å². The molecule has 0 saturated heterocycles. The summed E-state index contributed by atoms with van der Waals surface area (Å²) in [5.74, 6) is -2.50. The van der Waals surface area contributed by atoms with Crippen LogP contribution in [0.5, 0.6) is 0 Å². The first-order valence-electron chi connectivity index (χ1n) is 9.08. The fourth-order valence-corrected chi connectivity index (χ4v) is 3.47. The number of H-pyrrole nitrogens is 1. The van der Waals surface area contributed by atoms with Gasteiger partial charge in [0.1, 0.15) is 5.82 Å². The van der Waals surface area contributed by atoms with Crippen LogP contribution in [0.4, 0.5) is 5.82 Å². The minimum Gasteiger partial charge on any atom is -0.550 e. The van der Waals surface area contributed by atoms with E-state index in [1.807, 2.05) is 6.92 Å². The van der Waals surface area contributed by atoms with Gasteiger partial charge in [-0.2, -0.15) is 9.78 Å². The van der Waals surface area contributed by atoms with E-state index in [9.17, 15) is 19.5 Å². The third kappa shape index (κ3) is 4.07. The molecule has 27 heavy (non-hydrogen) atoms. The van der Waals surface area contributed by atoms with Crippen molar-refractivity contribution < 1.29 is 14.7 Å². The van der Waals surface area contributed by atoms with Crippen LogP contribution in [-0.4, -0.2) is 31.6 Å². The second kappa shape index (κ2) is 7.73. The van der Waals surface area contributed by atoms with E-state index in [0.29, 0.717) is 36.5 Å². The minimum atomic E-state index is -1.19. The first-order valence-corrected chi connectivity index (χ1v) is 9.08. The largest absolute Gasteiger partial charge is 0.550 e. The molecule has 3 rings (SSSR count). The lowest BCUT2D eigenvalue weighted by atomic mass is 9.79. The van der Waals surface area contributed by atoms with Gasteiger partial charge in [-0.25, -0.2) is 4.98 Å². The number of hydrogen-bond acceptors (Lipinski definition) is 6. The van der Waals surface area contributed by atoms with E-state index < -0.39 is 17.8 Å². The van der Waals surface area contributed by atoms with Crippen molar-refractivity contribution in [3.05, 3.63) is 33.9 Å². The molecule has 2 heterocycles. The monoisotopic (exact) mass is 372 g/mol. The van der Waals surface area contributed by atoms with Crippen LogP contribution in [0.25, 0.3) is 5.95 Å². The highest BCUT2D eigenvalue weighted by molar-refractivity contribution is 5.94. The molecule has 2 aromatic rings. The van der Waals surface area contributed by atoms with E-state index in [4.69, 9.17) is 0 Å². The van der Waals surface area contributed by atoms with Crippen molar-refractivity contribution in [3.8, 4) is 5.95 Å². The Bertz CT molecular complexity index is 917. The highest BCUT2D eigenvalue weighted by Gasteiger charge is 2.32. The molecule has 144 valence electrons. The zero-order valence-corrected chi connectivity index (χ0v) is 15.3. The van der Waals surface area contributed by atoms with Gasteiger partial charge in [0.2, 0.25) is 11.9 Å². The number of aliphatic carboxylic acids is 1. The number of aryl methyl sites for hydroxylation is 2. The lowest BCUT2D eigenvalue weighted by molar-refractivity contribution is -0.313. The third-order valence-corrected chi connectivity index (χ3v) is 4.83. The molecule has 1 aliphatic rings. The average molecular weight is 372 g/mol. The molecule has 1 amide bonds. The Balaban J connectivity index is 1.90. The number of amides is 1. The number of aromatic amines is 1. The van der Waals surface area contributed by atoms with Crippen LogP contribution in [-0.2, 0) is 16.0 Å². The molecule has 0 unspecified atom stereocenters. The molecule has 9 heteroatoms. The first kappa shape index (κ1) is 18.8. The third-order valence-electron chi connectivity index (χ3n) is 4.83. The van der Waals surface area contributed by atoms with Gasteiger partial charge in [0.15, 0.2) is 0 Å². The maximum absolute atomic E-state index is 12.7. The van der Waals surface area contributed by atoms with E-state index in [0.717, 1.165) is 12.8 Å². The van der Waals surface area contributed by atoms with Gasteiger partial charge in [-0.3, -0.25) is 14.6 Å². The van der Waals surface area contributed by atoms with Gasteiger partial charge in [-0.15, -0.1) is 0 Å². The number of carbonyl (C=O) groups is 2. The number of carboxylic acids is 1. The molecule has 2 N–H and O–H groups in total. The lowest BCUT2D eigenvalue weighted by Gasteiger charge is -2.31. The van der Waals surface area contributed by atoms with Crippen molar-refractivity contribution in [2.45, 2.75) is 46.0 Å². The summed E-state index contributed by atoms with van der Waals surface area (Å²) >= 11 is 0. The highest BCUT2D eigenvalue weighted by atomic mass is 16.4. The predicted octanol–water partition coefficient (Wildman–Crippen LogP) is 0.321. The predicted molar refractivity (Wildman–Crippen MR) is 95.2 cm³/mol. The smallest absolute Gasteiger partial charge is 0.252 e. The Kier molecular flexibility index (Phi) is 5.38. The Hall–Kier alpha value is -2.97. The van der Waals surface area contributed by atoms with Crippen LogP contribution in [0.3, 0.4) is 0 Å². The highest BCUT2D eigenvalue weighted by Crippen LogP contribution is 2.31. The molecule has 0 aromatic carbocycles. The standard InChI is InChI=1S/C18H23N5O4/c1-3-11-9-15(24)21-18(19-11)23-14(8-10(2)22-23)20-16(25)12-6-4-5-7-13(12)17(26)27/h8-9,12-13H,3-7H2,1-2H3,(H,20,25)(H,26,27)(H,19,21,24)/p-1/t12-,13-/m1/s1. The normalized spacial score (nSPS) is 19.6. The Labute approximate surface area is 155 Å². The summed E-state index contributed by atoms with van der Waals surface area (Å²) in [7, 11) is 0. The molecule has 0 bridgehead atoms. The van der Waals surface area contributed by atoms with Crippen molar-refractivity contribution in [1.82, 2.24) is 19.7 Å². The molecule has 1 aliphatic carbocycles. The zero-order valence-electron chi connectivity index (χ0n) is 15.3. The number of hydrogen-bond donors (Lipinski definition) is 2. The van der Waals surface area contributed by atoms with Gasteiger partial charge in [0.25, 0.3) is 5.56 Å². The fourth-order valence-electron chi connectivity index (χ4n) is 3.47. The second-order valence-electron chi connectivity index (χ2n) is 6.80. The minimum absolute atomic E-state index is 0.197. The van der Waals surface area contributed by atoms with Crippen LogP contribution >= 0.6 is 0 Å². The number of aromatic nitrogens is 4. The van der Waals surface area contributed by atoms with Gasteiger partial charge >= 0.3 is 0 Å². The molecule has 0 spiro atoms. The van der Waals surface area contributed by atoms with Gasteiger partial charge in [0, 0.05) is 35.6 Å². The van der Waals surface area contributed by atoms with Crippen molar-refractivity contribution >= 4 is 17.7 Å². The number of carbonyl (C=O) groups excluding carboxylic acids is 2. The summed E-state index contributed by atoms with van der Waals surface area (Å²) in [6.07, 6.45) is 3.08. The quantitative estimate of drug-likeness (QED) is 0.777. The summed E-state index contributed by atoms with van der Waals surface area (Å²) in [5, 5.41) is 18.4. The Morgan fingerprint density at radius 1 is 1.30 bits per heavy atom. The SMILES string of the molecule is CCc1cc(=O)[nH]c(-n2nc(C)cc2NC(=O)[C@@H]2CCCC[C@H]2C(=O)[O-])n1. The number of rotatable bonds is 5. The molecule has 9 nitrogen and oxygen atoms in total. The number of carboxylic acid groups (broad SMARTS) is 1. The van der Waals surface area contributed by atoms with Crippen molar-refractivity contribution in [2.75, 3.05) is 5.32 Å². The van der Waals surface area contributed by atoms with Crippen LogP contribution < -0.4 is 16.0 Å². The molecule has 0 aliphatic heterocycles. The summed E-state index contributed by atoms with van der Waals surface area (Å²) < 4.78 is 1.35. The first-order chi connectivity index (χ1) is 12.9. The van der Waals surface area contributed by atoms with Crippen LogP contribution in [0.2, 0.25) is 0 Å². The second-order valence-corrected chi connectivity index (χ2v) is 6.80. The van der Waals surface area contributed by atoms with Gasteiger partial charge in [-0.1, -0.05) is 19.8 Å². The van der Waals surface area contributed by atoms with Crippen molar-refractivity contribution in [1.29, 1.82) is 0 Å². The maximum atomic E-state index is 12.7. The molecular weight excluding hydrogens is 350 g/mol. The summed E-state index contributed by atoms with van der Waals surface area (Å²) in [6.45, 7) is 3.63. The molecule has 2 atom stereocenters. The van der Waals surface area contributed by atoms with E-state index in [-0.39, 0.29) is 17.4 Å². The summed E-state index contributed by atoms with van der Waals surface area (Å²) in [6, 6.07) is 3.05. The van der Waals surface area contributed by atoms with Crippen LogP contribution in [0, 0.1) is 18.8 Å². The maximum Gasteiger partial charge on any atom is 0.252 e. The lowest BCUT2D eigenvalue weighted by Crippen LogP contribution is -2.42. The van der Waals surface area contributed by atoms with E-state index in [2.05, 4.69) is 20.4 Å². The average Bonchev–Trinajstić information content (AvgIpc) is 3.01. The van der Waals surface area contributed by atoms with Gasteiger partial charge in [0.05, 0.1) is 5.69 Å². The fraction of sp³-hybridized carbons (Fsp3) is 0.500. The van der Waals surface area contributed by atoms with E-state index in [1.54, 1.807) is 13.0 Å². The number of nitrogens with zero attached hydrogens (tertiary/aromatic N) is 3.